The fourth-order valence-corrected chi connectivity index (χ4v) is 3.26. The van der Waals surface area contributed by atoms with Gasteiger partial charge in [0, 0.05) is 23.5 Å². The third-order valence-corrected chi connectivity index (χ3v) is 4.93. The molecule has 0 spiro atoms. The lowest BCUT2D eigenvalue weighted by Crippen LogP contribution is -2.18. The zero-order valence-corrected chi connectivity index (χ0v) is 17.4. The van der Waals surface area contributed by atoms with Crippen molar-refractivity contribution < 1.29 is 18.4 Å². The van der Waals surface area contributed by atoms with E-state index in [-0.39, 0.29) is 24.2 Å². The number of amides is 1. The molecular weight excluding hydrogens is 455 g/mol. The standard InChI is InChI=1S/C21H16BrFN4O3/c1-29-15-5-2-4-14(11-15)24-19(28)12-27-9-3-6-18(27)21-25-20(26-30-21)13-7-8-17(23)16(22)10-13/h2-11H,12H2,1H3,(H,24,28). The van der Waals surface area contributed by atoms with E-state index in [0.717, 1.165) is 0 Å². The van der Waals surface area contributed by atoms with Gasteiger partial charge in [0.25, 0.3) is 5.89 Å². The van der Waals surface area contributed by atoms with Gasteiger partial charge in [0.15, 0.2) is 0 Å². The third kappa shape index (κ3) is 4.25. The summed E-state index contributed by atoms with van der Waals surface area (Å²) in [5.74, 6) is 0.630. The summed E-state index contributed by atoms with van der Waals surface area (Å²) in [6, 6.07) is 15.1. The lowest BCUT2D eigenvalue weighted by molar-refractivity contribution is -0.116. The number of carbonyl (C=O) groups excluding carboxylic acids is 1. The quantitative estimate of drug-likeness (QED) is 0.439. The topological polar surface area (TPSA) is 82.2 Å². The minimum absolute atomic E-state index is 0.0549. The molecule has 0 fully saturated rings. The molecule has 4 rings (SSSR count). The summed E-state index contributed by atoms with van der Waals surface area (Å²) in [7, 11) is 1.57. The number of halogens is 2. The molecule has 0 aliphatic carbocycles. The number of anilines is 1. The first kappa shape index (κ1) is 19.8. The van der Waals surface area contributed by atoms with Crippen molar-refractivity contribution in [2.75, 3.05) is 12.4 Å². The molecule has 0 aliphatic rings. The lowest BCUT2D eigenvalue weighted by atomic mass is 10.2. The van der Waals surface area contributed by atoms with Crippen LogP contribution in [0.5, 0.6) is 5.75 Å². The molecule has 0 saturated heterocycles. The second kappa shape index (κ2) is 8.50. The highest BCUT2D eigenvalue weighted by atomic mass is 79.9. The molecule has 0 bridgehead atoms. The van der Waals surface area contributed by atoms with Crippen LogP contribution in [0.1, 0.15) is 0 Å². The number of nitrogens with zero attached hydrogens (tertiary/aromatic N) is 3. The Morgan fingerprint density at radius 2 is 2.10 bits per heavy atom. The molecular formula is C21H16BrFN4O3. The van der Waals surface area contributed by atoms with E-state index in [2.05, 4.69) is 31.4 Å². The maximum absolute atomic E-state index is 13.5. The van der Waals surface area contributed by atoms with Gasteiger partial charge in [-0.2, -0.15) is 4.98 Å². The van der Waals surface area contributed by atoms with Gasteiger partial charge in [0.05, 0.1) is 11.6 Å². The molecule has 0 unspecified atom stereocenters. The van der Waals surface area contributed by atoms with Gasteiger partial charge in [-0.15, -0.1) is 0 Å². The fraction of sp³-hybridized carbons (Fsp3) is 0.0952. The SMILES string of the molecule is COc1cccc(NC(=O)Cn2cccc2-c2nc(-c3ccc(F)c(Br)c3)no2)c1. The van der Waals surface area contributed by atoms with Crippen molar-refractivity contribution in [1.82, 2.24) is 14.7 Å². The van der Waals surface area contributed by atoms with Gasteiger partial charge >= 0.3 is 0 Å². The highest BCUT2D eigenvalue weighted by Gasteiger charge is 2.16. The summed E-state index contributed by atoms with van der Waals surface area (Å²) in [5, 5.41) is 6.79. The van der Waals surface area contributed by atoms with Crippen LogP contribution in [0.3, 0.4) is 0 Å². The van der Waals surface area contributed by atoms with Gasteiger partial charge in [-0.3, -0.25) is 4.79 Å². The predicted octanol–water partition coefficient (Wildman–Crippen LogP) is 4.75. The molecule has 0 atom stereocenters. The van der Waals surface area contributed by atoms with Crippen LogP contribution in [0.2, 0.25) is 0 Å². The fourth-order valence-electron chi connectivity index (χ4n) is 2.88. The van der Waals surface area contributed by atoms with E-state index in [0.29, 0.717) is 33.0 Å². The van der Waals surface area contributed by atoms with E-state index < -0.39 is 0 Å². The first-order valence-electron chi connectivity index (χ1n) is 8.92. The molecule has 152 valence electrons. The highest BCUT2D eigenvalue weighted by molar-refractivity contribution is 9.10. The Kier molecular flexibility index (Phi) is 5.62. The Morgan fingerprint density at radius 3 is 2.90 bits per heavy atom. The average Bonchev–Trinajstić information content (AvgIpc) is 3.39. The number of hydrogen-bond acceptors (Lipinski definition) is 5. The number of benzene rings is 2. The minimum Gasteiger partial charge on any atom is -0.497 e. The van der Waals surface area contributed by atoms with Gasteiger partial charge in [-0.1, -0.05) is 11.2 Å². The highest BCUT2D eigenvalue weighted by Crippen LogP contribution is 2.26. The number of hydrogen-bond donors (Lipinski definition) is 1. The van der Waals surface area contributed by atoms with Crippen LogP contribution < -0.4 is 10.1 Å². The monoisotopic (exact) mass is 470 g/mol. The Balaban J connectivity index is 1.51. The smallest absolute Gasteiger partial charge is 0.274 e. The Hall–Kier alpha value is -3.46. The lowest BCUT2D eigenvalue weighted by Gasteiger charge is -2.09. The largest absolute Gasteiger partial charge is 0.497 e. The molecule has 4 aromatic rings. The predicted molar refractivity (Wildman–Crippen MR) is 112 cm³/mol. The number of rotatable bonds is 6. The zero-order chi connectivity index (χ0) is 21.1. The Morgan fingerprint density at radius 1 is 1.23 bits per heavy atom. The van der Waals surface area contributed by atoms with E-state index in [1.807, 2.05) is 0 Å². The van der Waals surface area contributed by atoms with Gasteiger partial charge in [0.2, 0.25) is 11.7 Å². The van der Waals surface area contributed by atoms with Gasteiger partial charge < -0.3 is 19.1 Å². The summed E-state index contributed by atoms with van der Waals surface area (Å²) in [6.45, 7) is 0.0549. The molecule has 0 radical (unpaired) electrons. The van der Waals surface area contributed by atoms with Crippen molar-refractivity contribution in [1.29, 1.82) is 0 Å². The van der Waals surface area contributed by atoms with Crippen molar-refractivity contribution in [3.05, 3.63) is 71.1 Å². The van der Waals surface area contributed by atoms with Crippen LogP contribution in [0.25, 0.3) is 23.0 Å². The first-order valence-corrected chi connectivity index (χ1v) is 9.71. The molecule has 1 amide bonds. The van der Waals surface area contributed by atoms with Crippen molar-refractivity contribution in [3.63, 3.8) is 0 Å². The average molecular weight is 471 g/mol. The van der Waals surface area contributed by atoms with Crippen LogP contribution in [0.15, 0.2) is 69.8 Å². The minimum atomic E-state index is -0.376. The van der Waals surface area contributed by atoms with Gasteiger partial charge in [-0.05, 0) is 58.4 Å². The van der Waals surface area contributed by atoms with Crippen LogP contribution in [-0.2, 0) is 11.3 Å². The molecule has 9 heteroatoms. The number of carbonyl (C=O) groups is 1. The van der Waals surface area contributed by atoms with E-state index in [9.17, 15) is 9.18 Å². The molecule has 2 heterocycles. The van der Waals surface area contributed by atoms with E-state index in [1.165, 1.54) is 6.07 Å². The number of aromatic nitrogens is 3. The molecule has 30 heavy (non-hydrogen) atoms. The van der Waals surface area contributed by atoms with Gasteiger partial charge in [0.1, 0.15) is 23.8 Å². The van der Waals surface area contributed by atoms with Crippen LogP contribution in [0, 0.1) is 5.82 Å². The Labute approximate surface area is 179 Å². The summed E-state index contributed by atoms with van der Waals surface area (Å²) < 4.78 is 26.0. The second-order valence-electron chi connectivity index (χ2n) is 6.35. The van der Waals surface area contributed by atoms with Crippen LogP contribution in [-0.4, -0.2) is 27.7 Å². The molecule has 2 aromatic carbocycles. The second-order valence-corrected chi connectivity index (χ2v) is 7.21. The van der Waals surface area contributed by atoms with E-state index >= 15 is 0 Å². The summed E-state index contributed by atoms with van der Waals surface area (Å²) >= 11 is 3.15. The molecule has 1 N–H and O–H groups in total. The number of ether oxygens (including phenoxy) is 1. The molecule has 7 nitrogen and oxygen atoms in total. The zero-order valence-electron chi connectivity index (χ0n) is 15.8. The van der Waals surface area contributed by atoms with Crippen molar-refractivity contribution >= 4 is 27.5 Å². The summed E-state index contributed by atoms with van der Waals surface area (Å²) in [6.07, 6.45) is 1.75. The number of methoxy groups -OCH3 is 1. The molecule has 2 aromatic heterocycles. The van der Waals surface area contributed by atoms with Crippen molar-refractivity contribution in [3.8, 4) is 28.7 Å². The third-order valence-electron chi connectivity index (χ3n) is 4.32. The summed E-state index contributed by atoms with van der Waals surface area (Å²) in [4.78, 5) is 16.9. The van der Waals surface area contributed by atoms with Crippen LogP contribution >= 0.6 is 15.9 Å². The molecule has 0 saturated carbocycles. The van der Waals surface area contributed by atoms with Gasteiger partial charge in [-0.25, -0.2) is 4.39 Å². The molecule has 0 aliphatic heterocycles. The number of nitrogens with one attached hydrogen (secondary N) is 1. The first-order chi connectivity index (χ1) is 14.5. The van der Waals surface area contributed by atoms with Crippen molar-refractivity contribution in [2.45, 2.75) is 6.54 Å². The Bertz CT molecular complexity index is 1200. The normalized spacial score (nSPS) is 10.8. The van der Waals surface area contributed by atoms with E-state index in [4.69, 9.17) is 9.26 Å². The van der Waals surface area contributed by atoms with Crippen LogP contribution in [0.4, 0.5) is 10.1 Å². The van der Waals surface area contributed by atoms with E-state index in [1.54, 1.807) is 66.4 Å². The maximum atomic E-state index is 13.5. The maximum Gasteiger partial charge on any atom is 0.274 e. The summed E-state index contributed by atoms with van der Waals surface area (Å²) in [5.41, 5.74) is 1.83. The van der Waals surface area contributed by atoms with Crippen molar-refractivity contribution in [2.24, 2.45) is 0 Å².